The van der Waals surface area contributed by atoms with Crippen LogP contribution in [0.4, 0.5) is 5.82 Å². The van der Waals surface area contributed by atoms with Gasteiger partial charge < -0.3 is 15.0 Å². The maximum atomic E-state index is 11.6. The third kappa shape index (κ3) is 3.04. The van der Waals surface area contributed by atoms with Crippen molar-refractivity contribution in [1.29, 1.82) is 0 Å². The van der Waals surface area contributed by atoms with Gasteiger partial charge >= 0.3 is 0 Å². The summed E-state index contributed by atoms with van der Waals surface area (Å²) in [7, 11) is 0. The van der Waals surface area contributed by atoms with Crippen LogP contribution in [0.15, 0.2) is 25.0 Å². The Morgan fingerprint density at radius 3 is 2.83 bits per heavy atom. The average molecular weight is 248 g/mol. The number of nitrogens with zero attached hydrogens (tertiary/aromatic N) is 3. The van der Waals surface area contributed by atoms with Crippen LogP contribution in [-0.2, 0) is 4.74 Å². The van der Waals surface area contributed by atoms with E-state index in [2.05, 4.69) is 26.8 Å². The Balaban J connectivity index is 2.00. The predicted molar refractivity (Wildman–Crippen MR) is 67.6 cm³/mol. The van der Waals surface area contributed by atoms with Gasteiger partial charge in [-0.1, -0.05) is 6.08 Å². The molecule has 1 amide bonds. The number of rotatable bonds is 4. The molecule has 1 aliphatic heterocycles. The number of anilines is 1. The van der Waals surface area contributed by atoms with E-state index in [1.165, 1.54) is 6.20 Å². The normalized spacial score (nSPS) is 15.2. The van der Waals surface area contributed by atoms with Gasteiger partial charge in [-0.3, -0.25) is 4.79 Å². The van der Waals surface area contributed by atoms with Crippen molar-refractivity contribution >= 4 is 11.7 Å². The molecule has 1 N–H and O–H groups in total. The van der Waals surface area contributed by atoms with E-state index in [1.807, 2.05) is 0 Å². The summed E-state index contributed by atoms with van der Waals surface area (Å²) < 4.78 is 5.26. The Morgan fingerprint density at radius 2 is 2.22 bits per heavy atom. The fraction of sp³-hybridized carbons (Fsp3) is 0.417. The van der Waals surface area contributed by atoms with Crippen molar-refractivity contribution < 1.29 is 9.53 Å². The van der Waals surface area contributed by atoms with Crippen LogP contribution in [0.1, 0.15) is 10.5 Å². The number of amides is 1. The summed E-state index contributed by atoms with van der Waals surface area (Å²) in [6, 6.07) is 0. The van der Waals surface area contributed by atoms with Crippen LogP contribution in [-0.4, -0.2) is 48.7 Å². The zero-order valence-corrected chi connectivity index (χ0v) is 10.1. The van der Waals surface area contributed by atoms with E-state index in [9.17, 15) is 4.79 Å². The van der Waals surface area contributed by atoms with Gasteiger partial charge in [0.25, 0.3) is 5.91 Å². The smallest absolute Gasteiger partial charge is 0.271 e. The predicted octanol–water partition coefficient (Wildman–Crippen LogP) is 0.229. The van der Waals surface area contributed by atoms with Gasteiger partial charge in [-0.15, -0.1) is 6.58 Å². The molecule has 1 aromatic heterocycles. The minimum Gasteiger partial charge on any atom is -0.378 e. The maximum absolute atomic E-state index is 11.6. The van der Waals surface area contributed by atoms with E-state index in [0.717, 1.165) is 18.9 Å². The van der Waals surface area contributed by atoms with Crippen molar-refractivity contribution in [2.75, 3.05) is 37.7 Å². The summed E-state index contributed by atoms with van der Waals surface area (Å²) in [6.07, 6.45) is 4.73. The van der Waals surface area contributed by atoms with Crippen LogP contribution in [0, 0.1) is 0 Å². The molecule has 2 heterocycles. The molecule has 0 aliphatic carbocycles. The lowest BCUT2D eigenvalue weighted by Gasteiger charge is -2.27. The van der Waals surface area contributed by atoms with E-state index < -0.39 is 0 Å². The fourth-order valence-electron chi connectivity index (χ4n) is 1.65. The molecule has 0 aromatic carbocycles. The van der Waals surface area contributed by atoms with Crippen LogP contribution < -0.4 is 10.2 Å². The standard InChI is InChI=1S/C12H16N4O2/c1-2-3-13-12(17)10-8-15-11(9-14-10)16-4-6-18-7-5-16/h2,8-9H,1,3-7H2,(H,13,17). The van der Waals surface area contributed by atoms with Gasteiger partial charge in [-0.25, -0.2) is 9.97 Å². The monoisotopic (exact) mass is 248 g/mol. The number of hydrogen-bond donors (Lipinski definition) is 1. The largest absolute Gasteiger partial charge is 0.378 e. The third-order valence-corrected chi connectivity index (χ3v) is 2.61. The minimum atomic E-state index is -0.240. The van der Waals surface area contributed by atoms with Crippen LogP contribution in [0.2, 0.25) is 0 Å². The van der Waals surface area contributed by atoms with E-state index in [0.29, 0.717) is 25.5 Å². The maximum Gasteiger partial charge on any atom is 0.271 e. The zero-order valence-electron chi connectivity index (χ0n) is 10.1. The first-order valence-electron chi connectivity index (χ1n) is 5.85. The molecule has 0 radical (unpaired) electrons. The van der Waals surface area contributed by atoms with Gasteiger partial charge in [-0.2, -0.15) is 0 Å². The van der Waals surface area contributed by atoms with Crippen molar-refractivity contribution in [1.82, 2.24) is 15.3 Å². The van der Waals surface area contributed by atoms with Crippen LogP contribution in [0.25, 0.3) is 0 Å². The van der Waals surface area contributed by atoms with Gasteiger partial charge in [0.1, 0.15) is 11.5 Å². The quantitative estimate of drug-likeness (QED) is 0.773. The Kier molecular flexibility index (Phi) is 4.25. The van der Waals surface area contributed by atoms with Crippen LogP contribution in [0.3, 0.4) is 0 Å². The second-order valence-electron chi connectivity index (χ2n) is 3.86. The van der Waals surface area contributed by atoms with Gasteiger partial charge in [-0.05, 0) is 0 Å². The first-order chi connectivity index (χ1) is 8.81. The molecule has 1 saturated heterocycles. The van der Waals surface area contributed by atoms with Gasteiger partial charge in [0.05, 0.1) is 25.6 Å². The molecule has 1 aliphatic rings. The van der Waals surface area contributed by atoms with E-state index in [1.54, 1.807) is 12.3 Å². The number of aromatic nitrogens is 2. The number of hydrogen-bond acceptors (Lipinski definition) is 5. The van der Waals surface area contributed by atoms with E-state index in [-0.39, 0.29) is 5.91 Å². The summed E-state index contributed by atoms with van der Waals surface area (Å²) in [5.74, 6) is 0.537. The fourth-order valence-corrected chi connectivity index (χ4v) is 1.65. The summed E-state index contributed by atoms with van der Waals surface area (Å²) >= 11 is 0. The number of carbonyl (C=O) groups excluding carboxylic acids is 1. The van der Waals surface area contributed by atoms with E-state index in [4.69, 9.17) is 4.74 Å². The molecule has 1 fully saturated rings. The molecule has 1 aromatic rings. The topological polar surface area (TPSA) is 67.4 Å². The highest BCUT2D eigenvalue weighted by molar-refractivity contribution is 5.92. The van der Waals surface area contributed by atoms with Crippen molar-refractivity contribution in [2.24, 2.45) is 0 Å². The second-order valence-corrected chi connectivity index (χ2v) is 3.86. The lowest BCUT2D eigenvalue weighted by Crippen LogP contribution is -2.37. The molecule has 0 unspecified atom stereocenters. The minimum absolute atomic E-state index is 0.240. The first kappa shape index (κ1) is 12.5. The summed E-state index contributed by atoms with van der Waals surface area (Å²) in [5.41, 5.74) is 0.314. The number of ether oxygens (including phenoxy) is 1. The summed E-state index contributed by atoms with van der Waals surface area (Å²) in [5, 5.41) is 2.65. The molecule has 0 bridgehead atoms. The lowest BCUT2D eigenvalue weighted by molar-refractivity contribution is 0.0952. The Morgan fingerprint density at radius 1 is 1.44 bits per heavy atom. The Hall–Kier alpha value is -1.95. The summed E-state index contributed by atoms with van der Waals surface area (Å²) in [6.45, 7) is 6.95. The highest BCUT2D eigenvalue weighted by atomic mass is 16.5. The number of carbonyl (C=O) groups is 1. The Bertz CT molecular complexity index is 413. The SMILES string of the molecule is C=CCNC(=O)c1cnc(N2CCOCC2)cn1. The van der Waals surface area contributed by atoms with Crippen molar-refractivity contribution in [2.45, 2.75) is 0 Å². The molecule has 0 atom stereocenters. The van der Waals surface area contributed by atoms with Gasteiger partial charge in [0.15, 0.2) is 0 Å². The molecule has 96 valence electrons. The summed E-state index contributed by atoms with van der Waals surface area (Å²) in [4.78, 5) is 22.0. The molecule has 2 rings (SSSR count). The lowest BCUT2D eigenvalue weighted by atomic mass is 10.4. The molecule has 6 heteroatoms. The van der Waals surface area contributed by atoms with Crippen LogP contribution in [0.5, 0.6) is 0 Å². The van der Waals surface area contributed by atoms with Gasteiger partial charge in [0.2, 0.25) is 0 Å². The van der Waals surface area contributed by atoms with Crippen molar-refractivity contribution in [3.63, 3.8) is 0 Å². The molecular weight excluding hydrogens is 232 g/mol. The third-order valence-electron chi connectivity index (χ3n) is 2.61. The highest BCUT2D eigenvalue weighted by Gasteiger charge is 2.13. The zero-order chi connectivity index (χ0) is 12.8. The van der Waals surface area contributed by atoms with Crippen molar-refractivity contribution in [3.8, 4) is 0 Å². The number of morpholine rings is 1. The van der Waals surface area contributed by atoms with Crippen molar-refractivity contribution in [3.05, 3.63) is 30.7 Å². The number of nitrogens with one attached hydrogen (secondary N) is 1. The highest BCUT2D eigenvalue weighted by Crippen LogP contribution is 2.10. The first-order valence-corrected chi connectivity index (χ1v) is 5.85. The molecule has 0 saturated carbocycles. The van der Waals surface area contributed by atoms with Crippen LogP contribution >= 0.6 is 0 Å². The second kappa shape index (κ2) is 6.11. The van der Waals surface area contributed by atoms with Gasteiger partial charge in [0, 0.05) is 19.6 Å². The molecule has 6 nitrogen and oxygen atoms in total. The molecular formula is C12H16N4O2. The molecule has 18 heavy (non-hydrogen) atoms. The average Bonchev–Trinajstić information content (AvgIpc) is 2.46. The van der Waals surface area contributed by atoms with E-state index >= 15 is 0 Å². The molecule has 0 spiro atoms. The Labute approximate surface area is 106 Å².